The number of benzene rings is 1. The fourth-order valence-corrected chi connectivity index (χ4v) is 4.03. The number of methoxy groups -OCH3 is 1. The lowest BCUT2D eigenvalue weighted by Crippen LogP contribution is -2.39. The van der Waals surface area contributed by atoms with E-state index in [1.807, 2.05) is 23.1 Å². The summed E-state index contributed by atoms with van der Waals surface area (Å²) in [5, 5.41) is 6.66. The number of ether oxygens (including phenoxy) is 2. The van der Waals surface area contributed by atoms with E-state index in [4.69, 9.17) is 14.5 Å². The van der Waals surface area contributed by atoms with Crippen molar-refractivity contribution < 1.29 is 14.3 Å². The van der Waals surface area contributed by atoms with Crippen molar-refractivity contribution in [2.75, 3.05) is 33.3 Å². The van der Waals surface area contributed by atoms with E-state index in [1.165, 1.54) is 12.8 Å². The molecule has 0 aromatic heterocycles. The van der Waals surface area contributed by atoms with Crippen molar-refractivity contribution in [3.63, 3.8) is 0 Å². The van der Waals surface area contributed by atoms with Crippen LogP contribution in [0.4, 0.5) is 0 Å². The Morgan fingerprint density at radius 2 is 2.00 bits per heavy atom. The Labute approximate surface area is 203 Å². The van der Waals surface area contributed by atoms with E-state index in [0.717, 1.165) is 74.9 Å². The van der Waals surface area contributed by atoms with Crippen molar-refractivity contribution in [1.29, 1.82) is 0 Å². The highest BCUT2D eigenvalue weighted by Crippen LogP contribution is 2.32. The zero-order valence-electron chi connectivity index (χ0n) is 18.8. The van der Waals surface area contributed by atoms with E-state index in [1.54, 1.807) is 7.11 Å². The van der Waals surface area contributed by atoms with Gasteiger partial charge in [0, 0.05) is 32.6 Å². The number of aliphatic imine (C=N–C) groups is 1. The Bertz CT molecular complexity index is 723. The highest BCUT2D eigenvalue weighted by Gasteiger charge is 2.19. The molecule has 1 saturated carbocycles. The number of nitrogens with zero attached hydrogens (tertiary/aromatic N) is 2. The van der Waals surface area contributed by atoms with Crippen molar-refractivity contribution in [3.05, 3.63) is 23.8 Å². The largest absolute Gasteiger partial charge is 0.493 e. The summed E-state index contributed by atoms with van der Waals surface area (Å²) < 4.78 is 11.7. The first-order chi connectivity index (χ1) is 14.7. The molecule has 0 radical (unpaired) electrons. The fraction of sp³-hybridized carbons (Fsp3) is 0.652. The summed E-state index contributed by atoms with van der Waals surface area (Å²) in [6, 6.07) is 6.04. The van der Waals surface area contributed by atoms with Crippen molar-refractivity contribution in [1.82, 2.24) is 15.5 Å². The monoisotopic (exact) mass is 544 g/mol. The lowest BCUT2D eigenvalue weighted by molar-refractivity contribution is -0.127. The van der Waals surface area contributed by atoms with Gasteiger partial charge in [-0.3, -0.25) is 4.79 Å². The van der Waals surface area contributed by atoms with Crippen molar-refractivity contribution in [2.45, 2.75) is 64.5 Å². The van der Waals surface area contributed by atoms with Gasteiger partial charge in [-0.2, -0.15) is 0 Å². The number of carbonyl (C=O) groups is 1. The molecular weight excluding hydrogens is 507 g/mol. The Morgan fingerprint density at radius 1 is 1.19 bits per heavy atom. The first kappa shape index (κ1) is 25.5. The van der Waals surface area contributed by atoms with Gasteiger partial charge in [-0.25, -0.2) is 4.99 Å². The zero-order chi connectivity index (χ0) is 21.2. The summed E-state index contributed by atoms with van der Waals surface area (Å²) in [7, 11) is 1.68. The summed E-state index contributed by atoms with van der Waals surface area (Å²) >= 11 is 0. The van der Waals surface area contributed by atoms with Gasteiger partial charge in [0.2, 0.25) is 5.91 Å². The van der Waals surface area contributed by atoms with Crippen LogP contribution in [0.3, 0.4) is 0 Å². The van der Waals surface area contributed by atoms with Crippen LogP contribution in [-0.2, 0) is 11.3 Å². The van der Waals surface area contributed by atoms with E-state index in [0.29, 0.717) is 19.1 Å². The molecule has 0 bridgehead atoms. The standard InChI is InChI=1S/C23H36N4O3.HI/c1-3-24-23(25-13-7-15-27-14-6-10-22(27)28)26-17-18-11-12-20(29-2)21(16-18)30-19-8-4-5-9-19;/h11-12,16,19H,3-10,13-15,17H2,1-2H3,(H2,24,25,26);1H. The van der Waals surface area contributed by atoms with Crippen LogP contribution in [0.15, 0.2) is 23.2 Å². The van der Waals surface area contributed by atoms with Gasteiger partial charge in [-0.1, -0.05) is 6.07 Å². The lowest BCUT2D eigenvalue weighted by atomic mass is 10.2. The van der Waals surface area contributed by atoms with Gasteiger partial charge in [0.05, 0.1) is 19.8 Å². The van der Waals surface area contributed by atoms with E-state index in [2.05, 4.69) is 17.6 Å². The van der Waals surface area contributed by atoms with Crippen molar-refractivity contribution >= 4 is 35.8 Å². The van der Waals surface area contributed by atoms with Gasteiger partial charge in [-0.05, 0) is 63.1 Å². The van der Waals surface area contributed by atoms with Crippen LogP contribution >= 0.6 is 24.0 Å². The third-order valence-corrected chi connectivity index (χ3v) is 5.66. The molecule has 7 nitrogen and oxygen atoms in total. The first-order valence-electron chi connectivity index (χ1n) is 11.3. The van der Waals surface area contributed by atoms with Gasteiger partial charge < -0.3 is 25.0 Å². The third kappa shape index (κ3) is 8.05. The average molecular weight is 544 g/mol. The Morgan fingerprint density at radius 3 is 2.68 bits per heavy atom. The maximum atomic E-state index is 11.7. The van der Waals surface area contributed by atoms with Crippen molar-refractivity contribution in [3.8, 4) is 11.5 Å². The number of likely N-dealkylation sites (tertiary alicyclic amines) is 1. The molecule has 174 valence electrons. The number of amides is 1. The minimum atomic E-state index is 0. The quantitative estimate of drug-likeness (QED) is 0.204. The number of rotatable bonds is 10. The van der Waals surface area contributed by atoms with Gasteiger partial charge in [-0.15, -0.1) is 24.0 Å². The second kappa shape index (κ2) is 13.6. The predicted octanol–water partition coefficient (Wildman–Crippen LogP) is 3.70. The number of halogens is 1. The molecule has 2 fully saturated rings. The number of nitrogens with one attached hydrogen (secondary N) is 2. The molecule has 1 aliphatic carbocycles. The number of carbonyl (C=O) groups excluding carboxylic acids is 1. The Hall–Kier alpha value is -1.71. The molecule has 2 N–H and O–H groups in total. The van der Waals surface area contributed by atoms with E-state index in [9.17, 15) is 4.79 Å². The van der Waals surface area contributed by atoms with E-state index in [-0.39, 0.29) is 29.9 Å². The van der Waals surface area contributed by atoms with Gasteiger partial charge >= 0.3 is 0 Å². The SMILES string of the molecule is CCNC(=NCc1ccc(OC)c(OC2CCCC2)c1)NCCCN1CCCC1=O.I. The normalized spacial score (nSPS) is 16.9. The maximum absolute atomic E-state index is 11.7. The molecule has 1 aromatic carbocycles. The smallest absolute Gasteiger partial charge is 0.222 e. The minimum Gasteiger partial charge on any atom is -0.493 e. The highest BCUT2D eigenvalue weighted by atomic mass is 127. The molecule has 0 atom stereocenters. The molecule has 1 aliphatic heterocycles. The molecule has 1 saturated heterocycles. The van der Waals surface area contributed by atoms with Crippen LogP contribution in [0.1, 0.15) is 57.4 Å². The molecule has 2 aliphatic rings. The van der Waals surface area contributed by atoms with Crippen LogP contribution < -0.4 is 20.1 Å². The predicted molar refractivity (Wildman–Crippen MR) is 135 cm³/mol. The van der Waals surface area contributed by atoms with E-state index >= 15 is 0 Å². The summed E-state index contributed by atoms with van der Waals surface area (Å²) in [6.45, 7) is 5.91. The van der Waals surface area contributed by atoms with Crippen molar-refractivity contribution in [2.24, 2.45) is 4.99 Å². The summed E-state index contributed by atoms with van der Waals surface area (Å²) in [6.07, 6.45) is 7.60. The summed E-state index contributed by atoms with van der Waals surface area (Å²) in [5.74, 6) is 2.66. The highest BCUT2D eigenvalue weighted by molar-refractivity contribution is 14.0. The Kier molecular flexibility index (Phi) is 11.2. The van der Waals surface area contributed by atoms with E-state index < -0.39 is 0 Å². The lowest BCUT2D eigenvalue weighted by Gasteiger charge is -2.17. The summed E-state index contributed by atoms with van der Waals surface area (Å²) in [4.78, 5) is 18.4. The molecule has 0 spiro atoms. The third-order valence-electron chi connectivity index (χ3n) is 5.66. The molecular formula is C23H37IN4O3. The maximum Gasteiger partial charge on any atom is 0.222 e. The second-order valence-electron chi connectivity index (χ2n) is 7.97. The van der Waals surface area contributed by atoms with Gasteiger partial charge in [0.15, 0.2) is 17.5 Å². The Balaban J connectivity index is 0.00000341. The first-order valence-corrected chi connectivity index (χ1v) is 11.3. The molecule has 31 heavy (non-hydrogen) atoms. The number of guanidine groups is 1. The van der Waals surface area contributed by atoms with Crippen LogP contribution in [0.2, 0.25) is 0 Å². The summed E-state index contributed by atoms with van der Waals surface area (Å²) in [5.41, 5.74) is 1.09. The van der Waals surface area contributed by atoms with Crippen LogP contribution in [0, 0.1) is 0 Å². The van der Waals surface area contributed by atoms with Gasteiger partial charge in [0.25, 0.3) is 0 Å². The molecule has 0 unspecified atom stereocenters. The number of hydrogen-bond acceptors (Lipinski definition) is 4. The van der Waals surface area contributed by atoms with Crippen LogP contribution in [0.5, 0.6) is 11.5 Å². The van der Waals surface area contributed by atoms with Crippen LogP contribution in [-0.4, -0.2) is 56.2 Å². The molecule has 1 aromatic rings. The zero-order valence-corrected chi connectivity index (χ0v) is 21.2. The molecule has 3 rings (SSSR count). The topological polar surface area (TPSA) is 75.2 Å². The van der Waals surface area contributed by atoms with Gasteiger partial charge in [0.1, 0.15) is 0 Å². The average Bonchev–Trinajstić information content (AvgIpc) is 3.41. The fourth-order valence-electron chi connectivity index (χ4n) is 4.03. The number of hydrogen-bond donors (Lipinski definition) is 2. The molecule has 8 heteroatoms. The minimum absolute atomic E-state index is 0. The molecule has 1 heterocycles. The second-order valence-corrected chi connectivity index (χ2v) is 7.97. The van der Waals surface area contributed by atoms with Crippen LogP contribution in [0.25, 0.3) is 0 Å². The molecule has 1 amide bonds.